The van der Waals surface area contributed by atoms with Gasteiger partial charge in [0.15, 0.2) is 0 Å². The van der Waals surface area contributed by atoms with Gasteiger partial charge in [-0.3, -0.25) is 4.90 Å². The van der Waals surface area contributed by atoms with Crippen molar-refractivity contribution >= 4 is 0 Å². The number of hydrogen-bond donors (Lipinski definition) is 1. The van der Waals surface area contributed by atoms with E-state index < -0.39 is 0 Å². The van der Waals surface area contributed by atoms with Crippen LogP contribution in [0.5, 0.6) is 0 Å². The Bertz CT molecular complexity index is 157. The van der Waals surface area contributed by atoms with Crippen molar-refractivity contribution in [1.82, 2.24) is 4.90 Å². The lowest BCUT2D eigenvalue weighted by Crippen LogP contribution is -2.53. The van der Waals surface area contributed by atoms with Crippen molar-refractivity contribution in [3.8, 4) is 0 Å². The van der Waals surface area contributed by atoms with E-state index in [4.69, 9.17) is 9.84 Å². The lowest BCUT2D eigenvalue weighted by molar-refractivity contribution is -0.213. The van der Waals surface area contributed by atoms with Gasteiger partial charge in [0.25, 0.3) is 0 Å². The zero-order valence-electron chi connectivity index (χ0n) is 9.46. The highest BCUT2D eigenvalue weighted by atomic mass is 16.6. The van der Waals surface area contributed by atoms with E-state index in [0.717, 1.165) is 32.4 Å². The van der Waals surface area contributed by atoms with E-state index in [-0.39, 0.29) is 12.5 Å². The van der Waals surface area contributed by atoms with Gasteiger partial charge in [0.05, 0.1) is 0 Å². The molecule has 1 saturated heterocycles. The third-order valence-corrected chi connectivity index (χ3v) is 3.20. The standard InChI is InChI=1S/C11H23NO2/c1-3-8-12-9-6-5-7-11(12,4-2)14-10-13/h13H,3-10H2,1-2H3. The number of aliphatic hydroxyl groups is 1. The molecule has 1 aliphatic rings. The number of likely N-dealkylation sites (tertiary alicyclic amines) is 1. The van der Waals surface area contributed by atoms with Crippen LogP contribution in [0.2, 0.25) is 0 Å². The van der Waals surface area contributed by atoms with Crippen molar-refractivity contribution in [2.45, 2.75) is 51.7 Å². The molecule has 84 valence electrons. The smallest absolute Gasteiger partial charge is 0.145 e. The summed E-state index contributed by atoms with van der Waals surface area (Å²) in [5, 5.41) is 8.95. The predicted octanol–water partition coefficient (Wildman–Crippen LogP) is 1.96. The predicted molar refractivity (Wildman–Crippen MR) is 56.9 cm³/mol. The minimum atomic E-state index is -0.178. The molecule has 0 saturated carbocycles. The van der Waals surface area contributed by atoms with Gasteiger partial charge >= 0.3 is 0 Å². The van der Waals surface area contributed by atoms with E-state index in [9.17, 15) is 0 Å². The number of piperidine rings is 1. The summed E-state index contributed by atoms with van der Waals surface area (Å²) in [5.41, 5.74) is -0.178. The quantitative estimate of drug-likeness (QED) is 0.690. The molecule has 0 bridgehead atoms. The Kier molecular flexibility index (Phi) is 4.85. The Balaban J connectivity index is 2.65. The third-order valence-electron chi connectivity index (χ3n) is 3.20. The molecule has 0 spiro atoms. The van der Waals surface area contributed by atoms with Crippen molar-refractivity contribution in [3.63, 3.8) is 0 Å². The van der Waals surface area contributed by atoms with Crippen LogP contribution in [0, 0.1) is 0 Å². The number of rotatable bonds is 5. The van der Waals surface area contributed by atoms with Crippen molar-refractivity contribution in [2.24, 2.45) is 0 Å². The zero-order valence-corrected chi connectivity index (χ0v) is 9.46. The number of hydrogen-bond acceptors (Lipinski definition) is 3. The molecule has 1 heterocycles. The number of ether oxygens (including phenoxy) is 1. The van der Waals surface area contributed by atoms with Crippen molar-refractivity contribution < 1.29 is 9.84 Å². The molecule has 0 aliphatic carbocycles. The Morgan fingerprint density at radius 2 is 2.14 bits per heavy atom. The molecule has 3 nitrogen and oxygen atoms in total. The van der Waals surface area contributed by atoms with E-state index in [0.29, 0.717) is 0 Å². The van der Waals surface area contributed by atoms with Gasteiger partial charge in [-0.2, -0.15) is 0 Å². The first-order chi connectivity index (χ1) is 6.79. The maximum Gasteiger partial charge on any atom is 0.145 e. The normalized spacial score (nSPS) is 29.4. The molecule has 0 amide bonds. The Labute approximate surface area is 87.1 Å². The second kappa shape index (κ2) is 5.69. The Morgan fingerprint density at radius 1 is 1.36 bits per heavy atom. The molecule has 0 radical (unpaired) electrons. The SMILES string of the molecule is CCCN1CCCCC1(CC)OCO. The first kappa shape index (κ1) is 12.0. The van der Waals surface area contributed by atoms with Crippen molar-refractivity contribution in [3.05, 3.63) is 0 Å². The minimum absolute atomic E-state index is 0.159. The van der Waals surface area contributed by atoms with Gasteiger partial charge in [0.2, 0.25) is 0 Å². The summed E-state index contributed by atoms with van der Waals surface area (Å²) in [4.78, 5) is 2.40. The van der Waals surface area contributed by atoms with Crippen LogP contribution in [0.25, 0.3) is 0 Å². The lowest BCUT2D eigenvalue weighted by atomic mass is 9.95. The lowest BCUT2D eigenvalue weighted by Gasteiger charge is -2.46. The Hall–Kier alpha value is -0.120. The summed E-state index contributed by atoms with van der Waals surface area (Å²) in [6.45, 7) is 6.36. The summed E-state index contributed by atoms with van der Waals surface area (Å²) >= 11 is 0. The van der Waals surface area contributed by atoms with Crippen LogP contribution in [0.15, 0.2) is 0 Å². The second-order valence-corrected chi connectivity index (χ2v) is 4.02. The number of aliphatic hydroxyl groups excluding tert-OH is 1. The molecule has 1 atom stereocenters. The van der Waals surface area contributed by atoms with Gasteiger partial charge in [-0.05, 0) is 32.1 Å². The molecule has 1 N–H and O–H groups in total. The third kappa shape index (κ3) is 2.47. The maximum absolute atomic E-state index is 8.95. The van der Waals surface area contributed by atoms with Gasteiger partial charge in [0.1, 0.15) is 12.5 Å². The summed E-state index contributed by atoms with van der Waals surface area (Å²) in [6, 6.07) is 0. The fourth-order valence-corrected chi connectivity index (χ4v) is 2.44. The molecular formula is C11H23NO2. The van der Waals surface area contributed by atoms with Gasteiger partial charge in [-0.15, -0.1) is 0 Å². The van der Waals surface area contributed by atoms with Crippen LogP contribution >= 0.6 is 0 Å². The first-order valence-electron chi connectivity index (χ1n) is 5.79. The van der Waals surface area contributed by atoms with E-state index >= 15 is 0 Å². The fraction of sp³-hybridized carbons (Fsp3) is 1.00. The van der Waals surface area contributed by atoms with Gasteiger partial charge in [0, 0.05) is 13.1 Å². The minimum Gasteiger partial charge on any atom is -0.371 e. The summed E-state index contributed by atoms with van der Waals surface area (Å²) < 4.78 is 5.57. The van der Waals surface area contributed by atoms with Crippen LogP contribution in [0.3, 0.4) is 0 Å². The Morgan fingerprint density at radius 3 is 2.71 bits per heavy atom. The monoisotopic (exact) mass is 201 g/mol. The van der Waals surface area contributed by atoms with Gasteiger partial charge in [-0.25, -0.2) is 0 Å². The van der Waals surface area contributed by atoms with Gasteiger partial charge in [-0.1, -0.05) is 13.8 Å². The van der Waals surface area contributed by atoms with Crippen LogP contribution < -0.4 is 0 Å². The van der Waals surface area contributed by atoms with Crippen LogP contribution in [-0.2, 0) is 4.74 Å². The zero-order chi connectivity index (χ0) is 10.4. The molecule has 0 aromatic carbocycles. The van der Waals surface area contributed by atoms with Crippen molar-refractivity contribution in [1.29, 1.82) is 0 Å². The van der Waals surface area contributed by atoms with Crippen LogP contribution in [-0.4, -0.2) is 35.6 Å². The number of nitrogens with zero attached hydrogens (tertiary/aromatic N) is 1. The molecule has 3 heteroatoms. The highest BCUT2D eigenvalue weighted by Crippen LogP contribution is 2.32. The largest absolute Gasteiger partial charge is 0.371 e. The molecule has 1 aliphatic heterocycles. The molecule has 1 rings (SSSR count). The van der Waals surface area contributed by atoms with E-state index in [1.54, 1.807) is 0 Å². The summed E-state index contributed by atoms with van der Waals surface area (Å²) in [6.07, 6.45) is 5.65. The molecular weight excluding hydrogens is 178 g/mol. The molecule has 0 aromatic heterocycles. The highest BCUT2D eigenvalue weighted by molar-refractivity contribution is 4.84. The summed E-state index contributed by atoms with van der Waals surface area (Å²) in [5.74, 6) is 0. The second-order valence-electron chi connectivity index (χ2n) is 4.02. The summed E-state index contributed by atoms with van der Waals surface area (Å²) in [7, 11) is 0. The average Bonchev–Trinajstić information content (AvgIpc) is 2.22. The van der Waals surface area contributed by atoms with Crippen LogP contribution in [0.4, 0.5) is 0 Å². The average molecular weight is 201 g/mol. The fourth-order valence-electron chi connectivity index (χ4n) is 2.44. The van der Waals surface area contributed by atoms with E-state index in [1.807, 2.05) is 0 Å². The van der Waals surface area contributed by atoms with Crippen molar-refractivity contribution in [2.75, 3.05) is 19.9 Å². The van der Waals surface area contributed by atoms with Gasteiger partial charge < -0.3 is 9.84 Å². The molecule has 1 fully saturated rings. The first-order valence-corrected chi connectivity index (χ1v) is 5.79. The molecule has 14 heavy (non-hydrogen) atoms. The topological polar surface area (TPSA) is 32.7 Å². The van der Waals surface area contributed by atoms with E-state index in [2.05, 4.69) is 18.7 Å². The van der Waals surface area contributed by atoms with Crippen LogP contribution in [0.1, 0.15) is 46.0 Å². The molecule has 1 unspecified atom stereocenters. The van der Waals surface area contributed by atoms with E-state index in [1.165, 1.54) is 12.8 Å². The molecule has 0 aromatic rings. The highest BCUT2D eigenvalue weighted by Gasteiger charge is 2.37. The maximum atomic E-state index is 8.95.